The second kappa shape index (κ2) is 4.52. The summed E-state index contributed by atoms with van der Waals surface area (Å²) in [7, 11) is 0. The number of hydrogen-bond donors (Lipinski definition) is 1. The molecule has 3 saturated heterocycles. The van der Waals surface area contributed by atoms with E-state index in [0.717, 1.165) is 10.1 Å². The van der Waals surface area contributed by atoms with Crippen molar-refractivity contribution in [3.05, 3.63) is 29.4 Å². The number of fused-ring (bicyclic) bond motifs is 3. The average Bonchev–Trinajstić information content (AvgIpc) is 3.18. The monoisotopic (exact) mass is 313 g/mol. The summed E-state index contributed by atoms with van der Waals surface area (Å²) in [6, 6.07) is 4.29. The van der Waals surface area contributed by atoms with E-state index in [-0.39, 0.29) is 11.4 Å². The van der Waals surface area contributed by atoms with Crippen molar-refractivity contribution >= 4 is 27.3 Å². The molecule has 2 bridgehead atoms. The molecule has 114 valence electrons. The normalized spacial score (nSPS) is 31.5. The molecule has 1 atom stereocenters. The average molecular weight is 313 g/mol. The summed E-state index contributed by atoms with van der Waals surface area (Å²) >= 11 is 1.66. The molecule has 4 nitrogen and oxygen atoms in total. The van der Waals surface area contributed by atoms with Crippen LogP contribution in [-0.2, 0) is 0 Å². The van der Waals surface area contributed by atoms with E-state index in [1.54, 1.807) is 11.3 Å². The number of nitrogens with one attached hydrogen (secondary N) is 1. The fraction of sp³-hybridized carbons (Fsp3) is 0.529. The molecule has 1 saturated carbocycles. The maximum Gasteiger partial charge on any atom is 0.270 e. The van der Waals surface area contributed by atoms with Gasteiger partial charge in [0.25, 0.3) is 5.91 Å². The van der Waals surface area contributed by atoms with Crippen LogP contribution in [0.4, 0.5) is 0 Å². The van der Waals surface area contributed by atoms with Crippen LogP contribution in [0.15, 0.2) is 23.7 Å². The summed E-state index contributed by atoms with van der Waals surface area (Å²) in [6.45, 7) is 2.44. The van der Waals surface area contributed by atoms with E-state index < -0.39 is 0 Å². The molecule has 4 fully saturated rings. The Hall–Kier alpha value is -1.46. The van der Waals surface area contributed by atoms with Crippen molar-refractivity contribution in [2.24, 2.45) is 5.92 Å². The first-order chi connectivity index (χ1) is 10.8. The molecule has 1 amide bonds. The van der Waals surface area contributed by atoms with E-state index in [2.05, 4.69) is 15.2 Å². The number of amides is 1. The topological polar surface area (TPSA) is 45.2 Å². The van der Waals surface area contributed by atoms with E-state index in [4.69, 9.17) is 0 Å². The van der Waals surface area contributed by atoms with Gasteiger partial charge in [0.1, 0.15) is 5.69 Å². The van der Waals surface area contributed by atoms with E-state index in [1.165, 1.54) is 38.8 Å². The number of pyridine rings is 1. The number of piperidine rings is 3. The molecule has 1 spiro atoms. The largest absolute Gasteiger partial charge is 0.346 e. The third kappa shape index (κ3) is 1.78. The minimum atomic E-state index is 0.000301. The predicted octanol–water partition coefficient (Wildman–Crippen LogP) is 2.65. The fourth-order valence-corrected chi connectivity index (χ4v) is 5.31. The highest BCUT2D eigenvalue weighted by Crippen LogP contribution is 2.53. The Morgan fingerprint density at radius 3 is 2.95 bits per heavy atom. The third-order valence-corrected chi connectivity index (χ3v) is 6.72. The second-order valence-electron chi connectivity index (χ2n) is 6.91. The van der Waals surface area contributed by atoms with Gasteiger partial charge in [-0.1, -0.05) is 0 Å². The zero-order valence-electron chi connectivity index (χ0n) is 12.4. The molecule has 6 rings (SSSR count). The first-order valence-electron chi connectivity index (χ1n) is 8.15. The number of aromatic nitrogens is 1. The fourth-order valence-electron chi connectivity index (χ4n) is 4.52. The molecule has 5 heterocycles. The van der Waals surface area contributed by atoms with Gasteiger partial charge in [0, 0.05) is 21.8 Å². The summed E-state index contributed by atoms with van der Waals surface area (Å²) in [5, 5.41) is 6.49. The molecule has 1 aliphatic carbocycles. The Morgan fingerprint density at radius 1 is 1.36 bits per heavy atom. The number of thiophene rings is 1. The SMILES string of the molecule is O=C(N[C@H]1C2CCN(CC2)C12CC2)c1cc2sccc2cn1. The van der Waals surface area contributed by atoms with Gasteiger partial charge < -0.3 is 5.32 Å². The molecule has 2 aromatic rings. The van der Waals surface area contributed by atoms with Crippen molar-refractivity contribution in [1.29, 1.82) is 0 Å². The summed E-state index contributed by atoms with van der Waals surface area (Å²) in [5.41, 5.74) is 0.839. The van der Waals surface area contributed by atoms with Crippen LogP contribution >= 0.6 is 11.3 Å². The first kappa shape index (κ1) is 13.0. The van der Waals surface area contributed by atoms with E-state index in [9.17, 15) is 4.79 Å². The molecule has 0 radical (unpaired) electrons. The quantitative estimate of drug-likeness (QED) is 0.927. The van der Waals surface area contributed by atoms with Gasteiger partial charge in [-0.3, -0.25) is 14.7 Å². The standard InChI is InChI=1S/C17H19N3OS/c21-16(13-9-14-12(10-18-13)3-8-22-14)19-15-11-1-6-20(7-2-11)17(15)4-5-17/h3,8-11,15H,1-2,4-7H2,(H,19,21)/t15-/m0/s1. The lowest BCUT2D eigenvalue weighted by Gasteiger charge is -2.52. The maximum absolute atomic E-state index is 12.7. The zero-order valence-corrected chi connectivity index (χ0v) is 13.2. The maximum atomic E-state index is 12.7. The molecule has 1 N–H and O–H groups in total. The molecule has 5 heteroatoms. The van der Waals surface area contributed by atoms with Crippen LogP contribution < -0.4 is 5.32 Å². The lowest BCUT2D eigenvalue weighted by molar-refractivity contribution is -0.00152. The van der Waals surface area contributed by atoms with Crippen LogP contribution in [0.1, 0.15) is 36.2 Å². The van der Waals surface area contributed by atoms with Gasteiger partial charge in [-0.15, -0.1) is 11.3 Å². The molecule has 4 aliphatic rings. The minimum absolute atomic E-state index is 0.000301. The van der Waals surface area contributed by atoms with Gasteiger partial charge in [-0.2, -0.15) is 0 Å². The zero-order chi connectivity index (χ0) is 14.7. The van der Waals surface area contributed by atoms with Crippen LogP contribution in [0.3, 0.4) is 0 Å². The lowest BCUT2D eigenvalue weighted by atomic mass is 9.77. The Morgan fingerprint density at radius 2 is 2.18 bits per heavy atom. The van der Waals surface area contributed by atoms with Crippen LogP contribution in [-0.4, -0.2) is 40.5 Å². The van der Waals surface area contributed by atoms with Gasteiger partial charge in [0.2, 0.25) is 0 Å². The van der Waals surface area contributed by atoms with Gasteiger partial charge in [0.15, 0.2) is 0 Å². The van der Waals surface area contributed by atoms with Crippen LogP contribution in [0, 0.1) is 5.92 Å². The van der Waals surface area contributed by atoms with Crippen molar-refractivity contribution in [3.8, 4) is 0 Å². The van der Waals surface area contributed by atoms with E-state index >= 15 is 0 Å². The predicted molar refractivity (Wildman–Crippen MR) is 87.1 cm³/mol. The molecule has 2 aromatic heterocycles. The number of hydrogen-bond acceptors (Lipinski definition) is 4. The first-order valence-corrected chi connectivity index (χ1v) is 9.03. The molecule has 0 aromatic carbocycles. The minimum Gasteiger partial charge on any atom is -0.346 e. The lowest BCUT2D eigenvalue weighted by Crippen LogP contribution is -2.65. The second-order valence-corrected chi connectivity index (χ2v) is 7.85. The Bertz CT molecular complexity index is 743. The van der Waals surface area contributed by atoms with Crippen molar-refractivity contribution in [2.75, 3.05) is 13.1 Å². The van der Waals surface area contributed by atoms with Crippen LogP contribution in [0.2, 0.25) is 0 Å². The van der Waals surface area contributed by atoms with Crippen molar-refractivity contribution in [3.63, 3.8) is 0 Å². The molecule has 3 aliphatic heterocycles. The third-order valence-electron chi connectivity index (χ3n) is 5.84. The molecule has 0 unspecified atom stereocenters. The van der Waals surface area contributed by atoms with Crippen molar-refractivity contribution in [1.82, 2.24) is 15.2 Å². The van der Waals surface area contributed by atoms with Gasteiger partial charge in [-0.05, 0) is 62.2 Å². The smallest absolute Gasteiger partial charge is 0.270 e. The highest BCUT2D eigenvalue weighted by molar-refractivity contribution is 7.17. The Balaban J connectivity index is 1.42. The van der Waals surface area contributed by atoms with Crippen molar-refractivity contribution in [2.45, 2.75) is 37.3 Å². The van der Waals surface area contributed by atoms with Gasteiger partial charge in [0.05, 0.1) is 6.04 Å². The summed E-state index contributed by atoms with van der Waals surface area (Å²) in [4.78, 5) is 19.7. The Kier molecular flexibility index (Phi) is 2.68. The Labute approximate surface area is 133 Å². The number of rotatable bonds is 2. The highest BCUT2D eigenvalue weighted by Gasteiger charge is 2.60. The number of nitrogens with zero attached hydrogens (tertiary/aromatic N) is 2. The number of carbonyl (C=O) groups is 1. The van der Waals surface area contributed by atoms with E-state index in [0.29, 0.717) is 17.7 Å². The van der Waals surface area contributed by atoms with Crippen LogP contribution in [0.5, 0.6) is 0 Å². The highest BCUT2D eigenvalue weighted by atomic mass is 32.1. The van der Waals surface area contributed by atoms with Crippen molar-refractivity contribution < 1.29 is 4.79 Å². The summed E-state index contributed by atoms with van der Waals surface area (Å²) in [5.74, 6) is 0.655. The number of carbonyl (C=O) groups excluding carboxylic acids is 1. The molecular formula is C17H19N3OS. The molecular weight excluding hydrogens is 294 g/mol. The summed E-state index contributed by atoms with van der Waals surface area (Å²) in [6.07, 6.45) is 6.75. The van der Waals surface area contributed by atoms with E-state index in [1.807, 2.05) is 23.7 Å². The summed E-state index contributed by atoms with van der Waals surface area (Å²) < 4.78 is 1.13. The van der Waals surface area contributed by atoms with Gasteiger partial charge >= 0.3 is 0 Å². The van der Waals surface area contributed by atoms with Crippen LogP contribution in [0.25, 0.3) is 10.1 Å². The van der Waals surface area contributed by atoms with Gasteiger partial charge in [-0.25, -0.2) is 0 Å². The molecule has 22 heavy (non-hydrogen) atoms.